The van der Waals surface area contributed by atoms with Gasteiger partial charge in [0.25, 0.3) is 0 Å². The normalized spacial score (nSPS) is 29.8. The molecule has 0 aromatic carbocycles. The number of fused-ring (bicyclic) bond motifs is 1. The Balaban J connectivity index is 2.21. The molecule has 0 N–H and O–H groups in total. The zero-order chi connectivity index (χ0) is 42.2. The smallest absolute Gasteiger partial charge is 0.170 e. The summed E-state index contributed by atoms with van der Waals surface area (Å²) in [6.07, 6.45) is -52.4. The maximum Gasteiger partial charge on any atom is 0.422 e. The van der Waals surface area contributed by atoms with Crippen LogP contribution in [0.15, 0.2) is 40.6 Å². The summed E-state index contributed by atoms with van der Waals surface area (Å²) < 4.78 is 319. The highest BCUT2D eigenvalue weighted by molar-refractivity contribution is 8.81. The Labute approximate surface area is 312 Å². The van der Waals surface area contributed by atoms with Gasteiger partial charge in [0, 0.05) is 15.7 Å². The van der Waals surface area contributed by atoms with E-state index in [-0.39, 0.29) is 40.3 Å². The van der Waals surface area contributed by atoms with Crippen molar-refractivity contribution in [3.05, 3.63) is 40.6 Å². The van der Waals surface area contributed by atoms with Crippen molar-refractivity contribution in [2.45, 2.75) is 75.5 Å². The van der Waals surface area contributed by atoms with Crippen LogP contribution in [-0.4, -0.2) is 61.6 Å². The molecule has 310 valence electrons. The van der Waals surface area contributed by atoms with E-state index < -0.39 is 161 Å². The van der Waals surface area contributed by atoms with Crippen molar-refractivity contribution in [1.82, 2.24) is 0 Å². The highest BCUT2D eigenvalue weighted by Crippen LogP contribution is 2.84. The van der Waals surface area contributed by atoms with Crippen LogP contribution >= 0.6 is 80.4 Å². The monoisotopic (exact) mass is 964 g/mol. The molecule has 0 saturated carbocycles. The molecule has 0 radical (unpaired) electrons. The van der Waals surface area contributed by atoms with Crippen molar-refractivity contribution in [3.8, 4) is 0 Å². The Morgan fingerprint density at radius 3 is 1.11 bits per heavy atom. The first kappa shape index (κ1) is 46.4. The Bertz CT molecular complexity index is 1590. The zero-order valence-corrected chi connectivity index (χ0v) is 30.3. The van der Waals surface area contributed by atoms with E-state index in [4.69, 9.17) is 0 Å². The topological polar surface area (TPSA) is 0 Å². The van der Waals surface area contributed by atoms with Gasteiger partial charge >= 0.3 is 49.4 Å². The van der Waals surface area contributed by atoms with Crippen molar-refractivity contribution < 1.29 is 105 Å². The molecule has 4 aliphatic rings. The molecule has 0 amide bonds. The summed E-state index contributed by atoms with van der Waals surface area (Å²) in [6, 6.07) is 0. The minimum absolute atomic E-state index is 0.142. The average Bonchev–Trinajstić information content (AvgIpc) is 3.03. The molecular weight excluding hydrogens is 957 g/mol. The number of halogens is 24. The van der Waals surface area contributed by atoms with Crippen LogP contribution in [0.4, 0.5) is 105 Å². The molecule has 4 aliphatic heterocycles. The fourth-order valence-electron chi connectivity index (χ4n) is 5.36. The maximum absolute atomic E-state index is 14.5. The van der Waals surface area contributed by atoms with Gasteiger partial charge in [-0.2, -0.15) is 105 Å². The van der Waals surface area contributed by atoms with E-state index in [0.717, 1.165) is 6.92 Å². The van der Waals surface area contributed by atoms with Crippen LogP contribution in [0.5, 0.6) is 0 Å². The van der Waals surface area contributed by atoms with E-state index in [1.165, 1.54) is 0 Å². The molecule has 4 rings (SSSR count). The summed E-state index contributed by atoms with van der Waals surface area (Å²) in [6.45, 7) is 1.06. The quantitative estimate of drug-likeness (QED) is 0.202. The standard InChI is InChI=1S/C23H8F24S7/c1-13-3(4(48-13)7(16(24,25)26)17(27,28)29)5(53-54-13)6(14(2)49-10(50-14)8(18(30,31)32)19(33,34)35)15(12(22(42,43)44)23(45,46)47)51-11(52-15)9(20(36,37)38)21(39,40)41/h3,12H,1-2H3. The Morgan fingerprint density at radius 2 is 0.796 bits per heavy atom. The highest BCUT2D eigenvalue weighted by atomic mass is 33.1. The second-order valence-corrected chi connectivity index (χ2v) is 21.8. The van der Waals surface area contributed by atoms with Crippen LogP contribution < -0.4 is 0 Å². The average molecular weight is 965 g/mol. The van der Waals surface area contributed by atoms with Gasteiger partial charge in [0.05, 0.1) is 16.6 Å². The number of thioether (sulfide) groups is 5. The molecule has 2 atom stereocenters. The van der Waals surface area contributed by atoms with Crippen LogP contribution in [0.1, 0.15) is 13.8 Å². The predicted octanol–water partition coefficient (Wildman–Crippen LogP) is 14.9. The van der Waals surface area contributed by atoms with E-state index in [1.807, 2.05) is 0 Å². The van der Waals surface area contributed by atoms with Crippen molar-refractivity contribution in [2.75, 3.05) is 0 Å². The van der Waals surface area contributed by atoms with E-state index in [0.29, 0.717) is 0 Å². The largest absolute Gasteiger partial charge is 0.422 e. The van der Waals surface area contributed by atoms with Crippen LogP contribution in [0.3, 0.4) is 0 Å². The van der Waals surface area contributed by atoms with Gasteiger partial charge in [0.1, 0.15) is 9.65 Å². The summed E-state index contributed by atoms with van der Waals surface area (Å²) in [5.74, 6) is -7.83. The van der Waals surface area contributed by atoms with Gasteiger partial charge in [-0.05, 0) is 19.4 Å². The summed E-state index contributed by atoms with van der Waals surface area (Å²) in [4.78, 5) is -3.31. The lowest BCUT2D eigenvalue weighted by atomic mass is 9.88. The molecule has 0 nitrogen and oxygen atoms in total. The number of allylic oxidation sites excluding steroid dienone is 5. The van der Waals surface area contributed by atoms with E-state index in [2.05, 4.69) is 0 Å². The maximum atomic E-state index is 14.5. The van der Waals surface area contributed by atoms with Crippen molar-refractivity contribution in [3.63, 3.8) is 0 Å². The lowest BCUT2D eigenvalue weighted by Gasteiger charge is -2.57. The molecule has 0 aliphatic carbocycles. The molecule has 0 aromatic rings. The van der Waals surface area contributed by atoms with Gasteiger partial charge in [-0.1, -0.05) is 68.6 Å². The molecular formula is C23H8F24S7. The van der Waals surface area contributed by atoms with Crippen molar-refractivity contribution in [2.24, 2.45) is 11.8 Å². The van der Waals surface area contributed by atoms with Crippen molar-refractivity contribution in [1.29, 1.82) is 0 Å². The molecule has 2 unspecified atom stereocenters. The molecule has 4 heterocycles. The SMILES string of the molecule is CC1(C(=C2SSC3(C)SC(=C(C(F)(F)F)C(F)(F)F)C23)C2(C(C(F)(F)F)C(F)(F)F)SC(=C(C(F)(F)F)C(F)(F)F)S2)SC(=C(C(F)(F)F)C(F)(F)F)S1. The van der Waals surface area contributed by atoms with Gasteiger partial charge in [-0.25, -0.2) is 0 Å². The third-order valence-corrected chi connectivity index (χ3v) is 18.6. The van der Waals surface area contributed by atoms with E-state index in [1.54, 1.807) is 0 Å². The van der Waals surface area contributed by atoms with Gasteiger partial charge < -0.3 is 0 Å². The van der Waals surface area contributed by atoms with Crippen LogP contribution in [-0.2, 0) is 0 Å². The fourth-order valence-corrected chi connectivity index (χ4v) is 18.9. The summed E-state index contributed by atoms with van der Waals surface area (Å²) in [5, 5.41) is 0. The van der Waals surface area contributed by atoms with E-state index >= 15 is 0 Å². The van der Waals surface area contributed by atoms with Crippen LogP contribution in [0.2, 0.25) is 0 Å². The molecule has 0 aromatic heterocycles. The molecule has 0 bridgehead atoms. The van der Waals surface area contributed by atoms with Crippen LogP contribution in [0.25, 0.3) is 0 Å². The molecule has 4 fully saturated rings. The van der Waals surface area contributed by atoms with Crippen molar-refractivity contribution >= 4 is 80.4 Å². The predicted molar refractivity (Wildman–Crippen MR) is 156 cm³/mol. The second kappa shape index (κ2) is 13.4. The molecule has 54 heavy (non-hydrogen) atoms. The van der Waals surface area contributed by atoms with Gasteiger partial charge in [0.15, 0.2) is 17.1 Å². The van der Waals surface area contributed by atoms with Gasteiger partial charge in [0.2, 0.25) is 0 Å². The first-order valence-corrected chi connectivity index (χ1v) is 19.1. The second-order valence-electron chi connectivity index (χ2n) is 11.0. The highest BCUT2D eigenvalue weighted by Gasteiger charge is 2.77. The number of rotatable bonds is 3. The minimum atomic E-state index is -6.82. The van der Waals surface area contributed by atoms with Gasteiger partial charge in [-0.3, -0.25) is 0 Å². The third-order valence-electron chi connectivity index (χ3n) is 7.16. The summed E-state index contributed by atoms with van der Waals surface area (Å²) in [7, 11) is -0.0577. The minimum Gasteiger partial charge on any atom is -0.170 e. The first-order chi connectivity index (χ1) is 23.5. The molecule has 4 saturated heterocycles. The number of alkyl halides is 24. The molecule has 31 heteroatoms. The van der Waals surface area contributed by atoms with E-state index in [9.17, 15) is 105 Å². The third kappa shape index (κ3) is 8.29. The summed E-state index contributed by atoms with van der Waals surface area (Å²) >= 11 is -4.97. The van der Waals surface area contributed by atoms with Crippen LogP contribution in [0, 0.1) is 11.8 Å². The fraction of sp³-hybridized carbons (Fsp3) is 0.652. The van der Waals surface area contributed by atoms with Gasteiger partial charge in [-0.15, -0.1) is 11.8 Å². The Kier molecular flexibility index (Phi) is 11.5. The zero-order valence-electron chi connectivity index (χ0n) is 24.6. The number of hydrogen-bond donors (Lipinski definition) is 0. The summed E-state index contributed by atoms with van der Waals surface area (Å²) in [5.41, 5.74) is -12.4. The number of hydrogen-bond acceptors (Lipinski definition) is 7. The lowest BCUT2D eigenvalue weighted by Crippen LogP contribution is -2.58. The Morgan fingerprint density at radius 1 is 0.463 bits per heavy atom. The first-order valence-electron chi connectivity index (χ1n) is 12.9. The lowest BCUT2D eigenvalue weighted by molar-refractivity contribution is -0.284. The molecule has 0 spiro atoms. The Hall–Kier alpha value is -0.270.